The van der Waals surface area contributed by atoms with Crippen LogP contribution in [0.5, 0.6) is 0 Å². The number of esters is 2. The monoisotopic (exact) mass is 541 g/mol. The summed E-state index contributed by atoms with van der Waals surface area (Å²) in [4.78, 5) is 33.2. The lowest BCUT2D eigenvalue weighted by atomic mass is 9.99. The molecule has 0 unspecified atom stereocenters. The minimum atomic E-state index is -5.20. The molecule has 202 valence electrons. The smallest absolute Gasteiger partial charge is 0.386 e. The molecule has 0 spiro atoms. The second kappa shape index (κ2) is 10.8. The molecular weight excluding hydrogens is 519 g/mol. The Kier molecular flexibility index (Phi) is 7.24. The van der Waals surface area contributed by atoms with Crippen LogP contribution in [-0.2, 0) is 27.3 Å². The van der Waals surface area contributed by atoms with Crippen LogP contribution in [0.3, 0.4) is 0 Å². The van der Waals surface area contributed by atoms with Crippen molar-refractivity contribution in [3.05, 3.63) is 59.8 Å². The van der Waals surface area contributed by atoms with Gasteiger partial charge in [0.05, 0.1) is 5.92 Å². The first-order valence-electron chi connectivity index (χ1n) is 12.1. The van der Waals surface area contributed by atoms with Crippen LogP contribution < -0.4 is 0 Å². The number of rotatable bonds is 8. The topological polar surface area (TPSA) is 124 Å². The molecule has 39 heavy (non-hydrogen) atoms. The average molecular weight is 541 g/mol. The maximum atomic E-state index is 12.3. The van der Waals surface area contributed by atoms with E-state index in [4.69, 9.17) is 9.05 Å². The van der Waals surface area contributed by atoms with E-state index < -0.39 is 24.0 Å². The van der Waals surface area contributed by atoms with Crippen molar-refractivity contribution in [3.8, 4) is 34.4 Å². The number of carbonyl (C=O) groups excluding carboxylic acids is 2. The highest BCUT2D eigenvalue weighted by Gasteiger charge is 2.44. The number of halogens is 3. The van der Waals surface area contributed by atoms with E-state index in [0.29, 0.717) is 41.5 Å². The molecule has 0 atom stereocenters. The lowest BCUT2D eigenvalue weighted by Crippen LogP contribution is -2.51. The van der Waals surface area contributed by atoms with Crippen molar-refractivity contribution in [2.45, 2.75) is 32.5 Å². The number of carbonyl (C=O) groups is 2. The molecule has 5 rings (SSSR count). The number of hydrogen-bond acceptors (Lipinski definition) is 10. The maximum absolute atomic E-state index is 12.3. The van der Waals surface area contributed by atoms with E-state index >= 15 is 0 Å². The third-order valence-electron chi connectivity index (χ3n) is 6.15. The summed E-state index contributed by atoms with van der Waals surface area (Å²) in [6.45, 7) is 2.89. The zero-order chi connectivity index (χ0) is 27.6. The van der Waals surface area contributed by atoms with Crippen molar-refractivity contribution in [1.29, 1.82) is 0 Å². The summed E-state index contributed by atoms with van der Waals surface area (Å²) in [5, 5.41) is 8.25. The van der Waals surface area contributed by atoms with Crippen molar-refractivity contribution in [2.75, 3.05) is 13.1 Å². The average Bonchev–Trinajstić information content (AvgIpc) is 3.54. The van der Waals surface area contributed by atoms with Gasteiger partial charge in [0, 0.05) is 37.0 Å². The van der Waals surface area contributed by atoms with Crippen molar-refractivity contribution in [3.63, 3.8) is 0 Å². The van der Waals surface area contributed by atoms with Crippen LogP contribution in [0.15, 0.2) is 57.7 Å². The summed E-state index contributed by atoms with van der Waals surface area (Å²) in [6, 6.07) is 12.8. The van der Waals surface area contributed by atoms with Gasteiger partial charge in [-0.2, -0.15) is 18.2 Å². The van der Waals surface area contributed by atoms with E-state index in [1.54, 1.807) is 6.20 Å². The SMILES string of the molecule is CCCc1c(-c2nc(-c3ccc(CN4CC(C(=O)OC(=O)C(F)(F)F)C4)cc3)no2)noc1-c1ccccn1. The van der Waals surface area contributed by atoms with Crippen LogP contribution in [0, 0.1) is 5.92 Å². The molecule has 10 nitrogen and oxygen atoms in total. The fraction of sp³-hybridized carbons (Fsp3) is 0.308. The van der Waals surface area contributed by atoms with Gasteiger partial charge in [-0.25, -0.2) is 4.79 Å². The molecule has 4 aromatic rings. The van der Waals surface area contributed by atoms with Gasteiger partial charge in [0.2, 0.25) is 5.82 Å². The number of ether oxygens (including phenoxy) is 1. The molecule has 0 saturated carbocycles. The Balaban J connectivity index is 1.21. The molecule has 1 saturated heterocycles. The number of pyridine rings is 1. The van der Waals surface area contributed by atoms with Gasteiger partial charge in [0.25, 0.3) is 5.89 Å². The van der Waals surface area contributed by atoms with Gasteiger partial charge in [-0.05, 0) is 24.1 Å². The molecule has 4 heterocycles. The molecule has 1 fully saturated rings. The first-order valence-corrected chi connectivity index (χ1v) is 12.1. The van der Waals surface area contributed by atoms with Crippen molar-refractivity contribution in [1.82, 2.24) is 25.2 Å². The summed E-state index contributed by atoms with van der Waals surface area (Å²) in [6.07, 6.45) is -1.99. The lowest BCUT2D eigenvalue weighted by Gasteiger charge is -2.37. The standard InChI is InChI=1S/C26H22F3N5O5/c1-2-5-18-20(32-38-21(18)19-6-3-4-11-30-19)23-31-22(33-39-23)16-9-7-15(8-10-16)12-34-13-17(14-34)24(35)37-25(36)26(27,28)29/h3-4,6-11,17H,2,5,12-14H2,1H3. The summed E-state index contributed by atoms with van der Waals surface area (Å²) in [5.41, 5.74) is 3.57. The highest BCUT2D eigenvalue weighted by molar-refractivity contribution is 5.90. The number of likely N-dealkylation sites (tertiary alicyclic amines) is 1. The van der Waals surface area contributed by atoms with Crippen LogP contribution in [0.4, 0.5) is 13.2 Å². The van der Waals surface area contributed by atoms with Gasteiger partial charge in [0.1, 0.15) is 5.69 Å². The molecule has 0 bridgehead atoms. The molecule has 13 heteroatoms. The second-order valence-electron chi connectivity index (χ2n) is 9.02. The normalized spacial score (nSPS) is 14.3. The molecule has 0 radical (unpaired) electrons. The van der Waals surface area contributed by atoms with Gasteiger partial charge >= 0.3 is 18.1 Å². The molecule has 0 N–H and O–H groups in total. The minimum absolute atomic E-state index is 0.193. The van der Waals surface area contributed by atoms with Crippen LogP contribution in [-0.4, -0.2) is 56.4 Å². The molecular formula is C26H22F3N5O5. The molecule has 1 aliphatic heterocycles. The Bertz CT molecular complexity index is 1460. The van der Waals surface area contributed by atoms with E-state index in [9.17, 15) is 22.8 Å². The Labute approximate surface area is 219 Å². The van der Waals surface area contributed by atoms with Crippen molar-refractivity contribution >= 4 is 11.9 Å². The Morgan fingerprint density at radius 3 is 2.51 bits per heavy atom. The minimum Gasteiger partial charge on any atom is -0.386 e. The van der Waals surface area contributed by atoms with E-state index in [1.807, 2.05) is 54.3 Å². The maximum Gasteiger partial charge on any atom is 0.491 e. The largest absolute Gasteiger partial charge is 0.491 e. The Hall–Kier alpha value is -4.39. The van der Waals surface area contributed by atoms with E-state index in [-0.39, 0.29) is 19.0 Å². The van der Waals surface area contributed by atoms with Crippen LogP contribution in [0.2, 0.25) is 0 Å². The summed E-state index contributed by atoms with van der Waals surface area (Å²) < 4.78 is 51.7. The molecule has 1 aromatic carbocycles. The third-order valence-corrected chi connectivity index (χ3v) is 6.15. The Morgan fingerprint density at radius 1 is 1.08 bits per heavy atom. The van der Waals surface area contributed by atoms with Gasteiger partial charge in [-0.3, -0.25) is 14.7 Å². The van der Waals surface area contributed by atoms with E-state index in [0.717, 1.165) is 17.5 Å². The second-order valence-corrected chi connectivity index (χ2v) is 9.02. The first-order chi connectivity index (χ1) is 18.7. The Morgan fingerprint density at radius 2 is 1.85 bits per heavy atom. The van der Waals surface area contributed by atoms with Crippen LogP contribution in [0.25, 0.3) is 34.4 Å². The van der Waals surface area contributed by atoms with Gasteiger partial charge < -0.3 is 13.8 Å². The molecule has 0 aliphatic carbocycles. The summed E-state index contributed by atoms with van der Waals surface area (Å²) in [7, 11) is 0. The number of aromatic nitrogens is 4. The quantitative estimate of drug-likeness (QED) is 0.233. The molecule has 0 amide bonds. The number of nitrogens with zero attached hydrogens (tertiary/aromatic N) is 5. The van der Waals surface area contributed by atoms with Crippen molar-refractivity contribution in [2.24, 2.45) is 5.92 Å². The predicted molar refractivity (Wildman–Crippen MR) is 128 cm³/mol. The zero-order valence-electron chi connectivity index (χ0n) is 20.6. The van der Waals surface area contributed by atoms with E-state index in [2.05, 4.69) is 25.0 Å². The first kappa shape index (κ1) is 26.2. The highest BCUT2D eigenvalue weighted by atomic mass is 19.4. The van der Waals surface area contributed by atoms with Gasteiger partial charge in [-0.15, -0.1) is 0 Å². The lowest BCUT2D eigenvalue weighted by molar-refractivity contribution is -0.204. The molecule has 3 aromatic heterocycles. The summed E-state index contributed by atoms with van der Waals surface area (Å²) in [5.74, 6) is -3.29. The third kappa shape index (κ3) is 5.72. The fourth-order valence-corrected chi connectivity index (χ4v) is 4.19. The fourth-order valence-electron chi connectivity index (χ4n) is 4.19. The number of benzene rings is 1. The van der Waals surface area contributed by atoms with Crippen LogP contribution >= 0.6 is 0 Å². The molecule has 1 aliphatic rings. The number of alkyl halides is 3. The highest BCUT2D eigenvalue weighted by Crippen LogP contribution is 2.32. The zero-order valence-corrected chi connectivity index (χ0v) is 20.6. The van der Waals surface area contributed by atoms with Crippen LogP contribution in [0.1, 0.15) is 24.5 Å². The predicted octanol–water partition coefficient (Wildman–Crippen LogP) is 4.47. The number of hydrogen-bond donors (Lipinski definition) is 0. The van der Waals surface area contributed by atoms with Gasteiger partial charge in [0.15, 0.2) is 11.5 Å². The van der Waals surface area contributed by atoms with Crippen molar-refractivity contribution < 1.29 is 36.5 Å². The van der Waals surface area contributed by atoms with E-state index in [1.165, 1.54) is 0 Å². The summed E-state index contributed by atoms with van der Waals surface area (Å²) >= 11 is 0. The van der Waals surface area contributed by atoms with Gasteiger partial charge in [-0.1, -0.05) is 54.0 Å².